The van der Waals surface area contributed by atoms with Gasteiger partial charge < -0.3 is 10.1 Å². The van der Waals surface area contributed by atoms with Crippen LogP contribution in [0.5, 0.6) is 0 Å². The van der Waals surface area contributed by atoms with Crippen LogP contribution in [0.3, 0.4) is 0 Å². The van der Waals surface area contributed by atoms with Gasteiger partial charge in [-0.25, -0.2) is 4.39 Å². The van der Waals surface area contributed by atoms with Gasteiger partial charge in [-0.3, -0.25) is 0 Å². The summed E-state index contributed by atoms with van der Waals surface area (Å²) < 4.78 is 19.7. The molecule has 1 N–H and O–H groups in total. The lowest BCUT2D eigenvalue weighted by molar-refractivity contribution is 0.0825. The molecule has 114 valence electrons. The zero-order valence-corrected chi connectivity index (χ0v) is 13.0. The Morgan fingerprint density at radius 1 is 1.15 bits per heavy atom. The molecule has 0 amide bonds. The van der Waals surface area contributed by atoms with Crippen molar-refractivity contribution in [3.8, 4) is 0 Å². The molecule has 1 aromatic rings. The van der Waals surface area contributed by atoms with Crippen LogP contribution >= 0.6 is 0 Å². The van der Waals surface area contributed by atoms with Gasteiger partial charge in [0, 0.05) is 12.2 Å². The summed E-state index contributed by atoms with van der Waals surface area (Å²) in [5.74, 6) is 0.402. The lowest BCUT2D eigenvalue weighted by atomic mass is 10.1. The van der Waals surface area contributed by atoms with Crippen LogP contribution in [-0.2, 0) is 4.74 Å². The van der Waals surface area contributed by atoms with E-state index in [0.717, 1.165) is 19.6 Å². The Morgan fingerprint density at radius 2 is 1.90 bits per heavy atom. The van der Waals surface area contributed by atoms with Crippen LogP contribution in [0.25, 0.3) is 0 Å². The fourth-order valence-corrected chi connectivity index (χ4v) is 2.30. The van der Waals surface area contributed by atoms with Crippen molar-refractivity contribution in [2.75, 3.05) is 19.8 Å². The first-order valence-corrected chi connectivity index (χ1v) is 7.74. The fourth-order valence-electron chi connectivity index (χ4n) is 2.30. The molecule has 20 heavy (non-hydrogen) atoms. The number of rotatable bonds is 10. The number of halogens is 1. The molecule has 2 nitrogen and oxygen atoms in total. The highest BCUT2D eigenvalue weighted by atomic mass is 19.1. The molecule has 0 spiro atoms. The fraction of sp³-hybridized carbons (Fsp3) is 0.647. The Balaban J connectivity index is 2.54. The summed E-state index contributed by atoms with van der Waals surface area (Å²) >= 11 is 0. The topological polar surface area (TPSA) is 21.3 Å². The largest absolute Gasteiger partial charge is 0.379 e. The van der Waals surface area contributed by atoms with Gasteiger partial charge in [-0.1, -0.05) is 45.4 Å². The molecule has 0 fully saturated rings. The number of ether oxygens (including phenoxy) is 1. The zero-order chi connectivity index (χ0) is 14.8. The van der Waals surface area contributed by atoms with Gasteiger partial charge in [0.1, 0.15) is 5.82 Å². The van der Waals surface area contributed by atoms with Gasteiger partial charge in [0.2, 0.25) is 0 Å². The van der Waals surface area contributed by atoms with E-state index in [1.165, 1.54) is 18.9 Å². The lowest BCUT2D eigenvalue weighted by Crippen LogP contribution is -2.28. The molecule has 0 heterocycles. The van der Waals surface area contributed by atoms with Gasteiger partial charge in [-0.15, -0.1) is 0 Å². The summed E-state index contributed by atoms with van der Waals surface area (Å²) in [5, 5.41) is 3.37. The summed E-state index contributed by atoms with van der Waals surface area (Å²) in [6, 6.07) is 6.88. The minimum absolute atomic E-state index is 0.0648. The SMILES string of the molecule is CCCNC(COCC(C)CCC)c1ccccc1F. The Labute approximate surface area is 122 Å². The third-order valence-corrected chi connectivity index (χ3v) is 3.39. The van der Waals surface area contributed by atoms with E-state index in [9.17, 15) is 4.39 Å². The van der Waals surface area contributed by atoms with E-state index in [1.807, 2.05) is 12.1 Å². The van der Waals surface area contributed by atoms with E-state index >= 15 is 0 Å². The van der Waals surface area contributed by atoms with E-state index < -0.39 is 0 Å². The van der Waals surface area contributed by atoms with Crippen LogP contribution < -0.4 is 5.32 Å². The number of benzene rings is 1. The first kappa shape index (κ1) is 17.1. The highest BCUT2D eigenvalue weighted by Crippen LogP contribution is 2.18. The van der Waals surface area contributed by atoms with Crippen LogP contribution in [0.4, 0.5) is 4.39 Å². The van der Waals surface area contributed by atoms with E-state index in [1.54, 1.807) is 6.07 Å². The molecule has 0 aliphatic heterocycles. The summed E-state index contributed by atoms with van der Waals surface area (Å²) in [6.45, 7) is 8.62. The minimum atomic E-state index is -0.161. The zero-order valence-electron chi connectivity index (χ0n) is 13.0. The van der Waals surface area contributed by atoms with E-state index in [0.29, 0.717) is 18.1 Å². The smallest absolute Gasteiger partial charge is 0.128 e. The highest BCUT2D eigenvalue weighted by Gasteiger charge is 2.15. The van der Waals surface area contributed by atoms with Crippen molar-refractivity contribution >= 4 is 0 Å². The van der Waals surface area contributed by atoms with Gasteiger partial charge in [0.25, 0.3) is 0 Å². The Kier molecular flexibility index (Phi) is 8.47. The molecule has 1 rings (SSSR count). The quantitative estimate of drug-likeness (QED) is 0.689. The van der Waals surface area contributed by atoms with Crippen molar-refractivity contribution in [2.24, 2.45) is 5.92 Å². The Hall–Kier alpha value is -0.930. The maximum absolute atomic E-state index is 13.9. The second-order valence-electron chi connectivity index (χ2n) is 5.46. The van der Waals surface area contributed by atoms with Gasteiger partial charge in [0.05, 0.1) is 12.6 Å². The molecule has 1 aromatic carbocycles. The summed E-state index contributed by atoms with van der Waals surface area (Å²) in [7, 11) is 0. The molecule has 2 atom stereocenters. The first-order chi connectivity index (χ1) is 9.69. The highest BCUT2D eigenvalue weighted by molar-refractivity contribution is 5.21. The average molecular weight is 281 g/mol. The molecule has 0 aliphatic rings. The molecule has 0 bridgehead atoms. The maximum Gasteiger partial charge on any atom is 0.128 e. The lowest BCUT2D eigenvalue weighted by Gasteiger charge is -2.21. The van der Waals surface area contributed by atoms with Gasteiger partial charge >= 0.3 is 0 Å². The molecule has 2 unspecified atom stereocenters. The predicted octanol–water partition coefficient (Wildman–Crippen LogP) is 4.32. The third kappa shape index (κ3) is 6.02. The summed E-state index contributed by atoms with van der Waals surface area (Å²) in [6.07, 6.45) is 3.37. The standard InChI is InChI=1S/C17H28FNO/c1-4-8-14(3)12-20-13-17(19-11-5-2)15-9-6-7-10-16(15)18/h6-7,9-10,14,17,19H,4-5,8,11-13H2,1-3H3. The molecule has 0 saturated carbocycles. The number of hydrogen-bond donors (Lipinski definition) is 1. The van der Waals surface area contributed by atoms with E-state index in [4.69, 9.17) is 4.74 Å². The van der Waals surface area contributed by atoms with Crippen LogP contribution in [0.2, 0.25) is 0 Å². The molecule has 3 heteroatoms. The third-order valence-electron chi connectivity index (χ3n) is 3.39. The van der Waals surface area contributed by atoms with E-state index in [-0.39, 0.29) is 11.9 Å². The van der Waals surface area contributed by atoms with Crippen LogP contribution in [0.15, 0.2) is 24.3 Å². The molecule has 0 radical (unpaired) electrons. The van der Waals surface area contributed by atoms with Crippen molar-refractivity contribution in [1.82, 2.24) is 5.32 Å². The van der Waals surface area contributed by atoms with Crippen molar-refractivity contribution in [2.45, 2.75) is 46.1 Å². The monoisotopic (exact) mass is 281 g/mol. The van der Waals surface area contributed by atoms with Crippen molar-refractivity contribution < 1.29 is 9.13 Å². The van der Waals surface area contributed by atoms with Gasteiger partial charge in [-0.2, -0.15) is 0 Å². The normalized spacial score (nSPS) is 14.2. The van der Waals surface area contributed by atoms with Crippen molar-refractivity contribution in [1.29, 1.82) is 0 Å². The van der Waals surface area contributed by atoms with Crippen molar-refractivity contribution in [3.05, 3.63) is 35.6 Å². The Bertz CT molecular complexity index is 370. The van der Waals surface area contributed by atoms with Gasteiger partial charge in [0.15, 0.2) is 0 Å². The predicted molar refractivity (Wildman–Crippen MR) is 82.3 cm³/mol. The van der Waals surface area contributed by atoms with E-state index in [2.05, 4.69) is 26.1 Å². The molecule has 0 aliphatic carbocycles. The number of hydrogen-bond acceptors (Lipinski definition) is 2. The molecular weight excluding hydrogens is 253 g/mol. The second kappa shape index (κ2) is 9.89. The van der Waals surface area contributed by atoms with Gasteiger partial charge in [-0.05, 0) is 31.4 Å². The van der Waals surface area contributed by atoms with Crippen LogP contribution in [0.1, 0.15) is 51.6 Å². The second-order valence-corrected chi connectivity index (χ2v) is 5.46. The van der Waals surface area contributed by atoms with Crippen molar-refractivity contribution in [3.63, 3.8) is 0 Å². The molecule has 0 aromatic heterocycles. The average Bonchev–Trinajstić information content (AvgIpc) is 2.44. The Morgan fingerprint density at radius 3 is 2.55 bits per heavy atom. The summed E-state index contributed by atoms with van der Waals surface area (Å²) in [4.78, 5) is 0. The maximum atomic E-state index is 13.9. The van der Waals surface area contributed by atoms with Crippen LogP contribution in [0, 0.1) is 11.7 Å². The van der Waals surface area contributed by atoms with Crippen LogP contribution in [-0.4, -0.2) is 19.8 Å². The first-order valence-electron chi connectivity index (χ1n) is 7.74. The number of nitrogens with one attached hydrogen (secondary N) is 1. The molecule has 0 saturated heterocycles. The molecular formula is C17H28FNO. The minimum Gasteiger partial charge on any atom is -0.379 e. The summed E-state index contributed by atoms with van der Waals surface area (Å²) in [5.41, 5.74) is 0.698.